The van der Waals surface area contributed by atoms with Gasteiger partial charge < -0.3 is 10.1 Å². The van der Waals surface area contributed by atoms with Crippen LogP contribution < -0.4 is 11.0 Å². The highest BCUT2D eigenvalue weighted by Gasteiger charge is 2.19. The normalized spacial score (nSPS) is 16.8. The lowest BCUT2D eigenvalue weighted by Gasteiger charge is -2.10. The molecule has 0 aliphatic carbocycles. The first-order chi connectivity index (χ1) is 12.7. The van der Waals surface area contributed by atoms with Crippen LogP contribution in [0.1, 0.15) is 24.8 Å². The second-order valence-electron chi connectivity index (χ2n) is 6.46. The molecule has 3 aromatic rings. The number of carbonyl (C=O) groups excluding carboxylic acids is 1. The third-order valence-corrected chi connectivity index (χ3v) is 4.47. The molecule has 1 atom stereocenters. The van der Waals surface area contributed by atoms with Crippen LogP contribution in [0.15, 0.2) is 53.5 Å². The number of hydrogen-bond donors (Lipinski definition) is 1. The van der Waals surface area contributed by atoms with Crippen LogP contribution in [0.4, 0.5) is 5.69 Å². The van der Waals surface area contributed by atoms with Crippen molar-refractivity contribution in [2.75, 3.05) is 11.9 Å². The molecule has 1 aliphatic rings. The van der Waals surface area contributed by atoms with E-state index in [2.05, 4.69) is 10.4 Å². The van der Waals surface area contributed by atoms with Gasteiger partial charge in [0.1, 0.15) is 0 Å². The average Bonchev–Trinajstić information content (AvgIpc) is 3.24. The lowest BCUT2D eigenvalue weighted by atomic mass is 10.1. The van der Waals surface area contributed by atoms with E-state index in [1.165, 1.54) is 9.08 Å². The maximum atomic E-state index is 12.4. The lowest BCUT2D eigenvalue weighted by Crippen LogP contribution is -2.22. The molecule has 1 saturated heterocycles. The van der Waals surface area contributed by atoms with E-state index in [9.17, 15) is 9.59 Å². The Balaban J connectivity index is 1.47. The zero-order valence-corrected chi connectivity index (χ0v) is 14.3. The number of fused-ring (bicyclic) bond motifs is 1. The fourth-order valence-corrected chi connectivity index (χ4v) is 3.22. The molecule has 1 aromatic carbocycles. The number of rotatable bonds is 5. The van der Waals surface area contributed by atoms with Gasteiger partial charge in [0.2, 0.25) is 5.91 Å². The molecule has 0 spiro atoms. The quantitative estimate of drug-likeness (QED) is 0.762. The highest BCUT2D eigenvalue weighted by molar-refractivity contribution is 5.91. The average molecular weight is 352 g/mol. The number of carbonyl (C=O) groups is 1. The summed E-state index contributed by atoms with van der Waals surface area (Å²) in [6.45, 7) is 1.08. The number of anilines is 1. The Labute approximate surface area is 150 Å². The summed E-state index contributed by atoms with van der Waals surface area (Å²) in [6, 6.07) is 12.9. The summed E-state index contributed by atoms with van der Waals surface area (Å²) in [7, 11) is 0. The number of nitrogens with zero attached hydrogens (tertiary/aromatic N) is 3. The second-order valence-corrected chi connectivity index (χ2v) is 6.46. The SMILES string of the molecule is O=C(C[C@H]1CCCO1)Nc1cccc(Cn2nc3ccccn3c2=O)c1. The minimum atomic E-state index is -0.187. The van der Waals surface area contributed by atoms with Gasteiger partial charge in [-0.15, -0.1) is 5.10 Å². The van der Waals surface area contributed by atoms with Crippen molar-refractivity contribution in [3.8, 4) is 0 Å². The van der Waals surface area contributed by atoms with Crippen molar-refractivity contribution in [1.82, 2.24) is 14.2 Å². The number of benzene rings is 1. The molecule has 0 radical (unpaired) electrons. The molecule has 1 amide bonds. The van der Waals surface area contributed by atoms with Crippen LogP contribution in [0.2, 0.25) is 0 Å². The van der Waals surface area contributed by atoms with Crippen LogP contribution in [0.3, 0.4) is 0 Å². The van der Waals surface area contributed by atoms with Gasteiger partial charge in [0.15, 0.2) is 5.65 Å². The summed E-state index contributed by atoms with van der Waals surface area (Å²) in [5.41, 5.74) is 2.03. The fraction of sp³-hybridized carbons (Fsp3) is 0.316. The van der Waals surface area contributed by atoms with Crippen LogP contribution in [0, 0.1) is 0 Å². The summed E-state index contributed by atoms with van der Waals surface area (Å²) in [5.74, 6) is -0.0565. The van der Waals surface area contributed by atoms with Gasteiger partial charge in [0.05, 0.1) is 19.1 Å². The first-order valence-electron chi connectivity index (χ1n) is 8.74. The molecular weight excluding hydrogens is 332 g/mol. The summed E-state index contributed by atoms with van der Waals surface area (Å²) in [6.07, 6.45) is 4.04. The smallest absolute Gasteiger partial charge is 0.350 e. The summed E-state index contributed by atoms with van der Waals surface area (Å²) < 4.78 is 8.42. The first kappa shape index (κ1) is 16.5. The Hall–Kier alpha value is -2.93. The van der Waals surface area contributed by atoms with Gasteiger partial charge in [-0.2, -0.15) is 0 Å². The largest absolute Gasteiger partial charge is 0.378 e. The molecule has 1 fully saturated rings. The minimum Gasteiger partial charge on any atom is -0.378 e. The number of aromatic nitrogens is 3. The fourth-order valence-electron chi connectivity index (χ4n) is 3.22. The Kier molecular flexibility index (Phi) is 4.53. The molecule has 0 unspecified atom stereocenters. The predicted molar refractivity (Wildman–Crippen MR) is 97.2 cm³/mol. The molecule has 0 saturated carbocycles. The Morgan fingerprint density at radius 3 is 3.00 bits per heavy atom. The molecule has 7 heteroatoms. The van der Waals surface area contributed by atoms with Crippen molar-refractivity contribution in [3.63, 3.8) is 0 Å². The van der Waals surface area contributed by atoms with Gasteiger partial charge in [0.25, 0.3) is 0 Å². The van der Waals surface area contributed by atoms with Crippen molar-refractivity contribution in [1.29, 1.82) is 0 Å². The van der Waals surface area contributed by atoms with Crippen molar-refractivity contribution in [2.24, 2.45) is 0 Å². The highest BCUT2D eigenvalue weighted by Crippen LogP contribution is 2.17. The molecule has 0 bridgehead atoms. The molecule has 4 rings (SSSR count). The number of nitrogens with one attached hydrogen (secondary N) is 1. The van der Waals surface area contributed by atoms with Crippen LogP contribution in [-0.2, 0) is 16.1 Å². The zero-order valence-electron chi connectivity index (χ0n) is 14.3. The van der Waals surface area contributed by atoms with E-state index in [0.29, 0.717) is 24.3 Å². The maximum absolute atomic E-state index is 12.4. The third-order valence-electron chi connectivity index (χ3n) is 4.47. The van der Waals surface area contributed by atoms with E-state index in [1.54, 1.807) is 18.3 Å². The second kappa shape index (κ2) is 7.13. The van der Waals surface area contributed by atoms with Crippen LogP contribution in [-0.4, -0.2) is 32.8 Å². The Morgan fingerprint density at radius 2 is 2.19 bits per heavy atom. The number of pyridine rings is 1. The van der Waals surface area contributed by atoms with Gasteiger partial charge >= 0.3 is 5.69 Å². The number of amides is 1. The molecule has 1 N–H and O–H groups in total. The highest BCUT2D eigenvalue weighted by atomic mass is 16.5. The third kappa shape index (κ3) is 3.52. The van der Waals surface area contributed by atoms with E-state index in [4.69, 9.17) is 4.74 Å². The first-order valence-corrected chi connectivity index (χ1v) is 8.74. The van der Waals surface area contributed by atoms with E-state index in [-0.39, 0.29) is 17.7 Å². The van der Waals surface area contributed by atoms with E-state index in [0.717, 1.165) is 25.0 Å². The lowest BCUT2D eigenvalue weighted by molar-refractivity contribution is -0.118. The Morgan fingerprint density at radius 1 is 1.27 bits per heavy atom. The Bertz CT molecular complexity index is 986. The van der Waals surface area contributed by atoms with Crippen LogP contribution >= 0.6 is 0 Å². The van der Waals surface area contributed by atoms with E-state index >= 15 is 0 Å². The van der Waals surface area contributed by atoms with Gasteiger partial charge in [-0.1, -0.05) is 18.2 Å². The van der Waals surface area contributed by atoms with E-state index < -0.39 is 0 Å². The van der Waals surface area contributed by atoms with Crippen molar-refractivity contribution >= 4 is 17.2 Å². The summed E-state index contributed by atoms with van der Waals surface area (Å²) in [4.78, 5) is 24.5. The van der Waals surface area contributed by atoms with Crippen molar-refractivity contribution < 1.29 is 9.53 Å². The zero-order chi connectivity index (χ0) is 17.9. The molecule has 26 heavy (non-hydrogen) atoms. The summed E-state index contributed by atoms with van der Waals surface area (Å²) >= 11 is 0. The summed E-state index contributed by atoms with van der Waals surface area (Å²) in [5, 5.41) is 7.23. The monoisotopic (exact) mass is 352 g/mol. The molecule has 3 heterocycles. The van der Waals surface area contributed by atoms with Crippen LogP contribution in [0.25, 0.3) is 5.65 Å². The predicted octanol–water partition coefficient (Wildman–Crippen LogP) is 2.05. The van der Waals surface area contributed by atoms with Crippen molar-refractivity contribution in [2.45, 2.75) is 31.9 Å². The molecule has 1 aliphatic heterocycles. The molecule has 2 aromatic heterocycles. The van der Waals surface area contributed by atoms with Crippen molar-refractivity contribution in [3.05, 3.63) is 64.7 Å². The van der Waals surface area contributed by atoms with E-state index in [1.807, 2.05) is 30.3 Å². The molecular formula is C19H20N4O3. The van der Waals surface area contributed by atoms with Gasteiger partial charge in [-0.05, 0) is 42.7 Å². The minimum absolute atomic E-state index is 0.0229. The molecule has 7 nitrogen and oxygen atoms in total. The maximum Gasteiger partial charge on any atom is 0.350 e. The topological polar surface area (TPSA) is 77.6 Å². The van der Waals surface area contributed by atoms with Gasteiger partial charge in [-0.3, -0.25) is 9.20 Å². The van der Waals surface area contributed by atoms with Crippen LogP contribution in [0.5, 0.6) is 0 Å². The molecule has 134 valence electrons. The number of ether oxygens (including phenoxy) is 1. The van der Waals surface area contributed by atoms with Gasteiger partial charge in [0, 0.05) is 18.5 Å². The number of hydrogen-bond acceptors (Lipinski definition) is 4. The standard InChI is InChI=1S/C19H20N4O3/c24-18(12-16-7-4-10-26-16)20-15-6-3-5-14(11-15)13-23-19(25)22-9-2-1-8-17(22)21-23/h1-3,5-6,8-9,11,16H,4,7,10,12-13H2,(H,20,24)/t16-/m1/s1. The van der Waals surface area contributed by atoms with Gasteiger partial charge in [-0.25, -0.2) is 9.48 Å².